The van der Waals surface area contributed by atoms with Crippen LogP contribution in [0.25, 0.3) is 66.5 Å². The number of aromatic nitrogens is 6. The minimum atomic E-state index is -0.923. The number of ketones is 2. The van der Waals surface area contributed by atoms with Gasteiger partial charge in [0, 0.05) is 166 Å². The lowest BCUT2D eigenvalue weighted by atomic mass is 9.97. The number of amides is 2. The summed E-state index contributed by atoms with van der Waals surface area (Å²) in [5.74, 6) is 0.857. The van der Waals surface area contributed by atoms with Gasteiger partial charge in [-0.05, 0) is 215 Å². The molecule has 3 saturated heterocycles. The van der Waals surface area contributed by atoms with Crippen molar-refractivity contribution in [1.29, 1.82) is 0 Å². The van der Waals surface area contributed by atoms with E-state index in [0.29, 0.717) is 51.6 Å². The fourth-order valence-corrected chi connectivity index (χ4v) is 16.1. The minimum absolute atomic E-state index is 0.0374. The molecule has 3 aliphatic carbocycles. The van der Waals surface area contributed by atoms with Gasteiger partial charge in [-0.25, -0.2) is 29.3 Å². The molecule has 24 nitrogen and oxygen atoms in total. The number of nitrogen functional groups attached to an aromatic ring is 2. The van der Waals surface area contributed by atoms with E-state index in [1.807, 2.05) is 181 Å². The van der Waals surface area contributed by atoms with E-state index >= 15 is 0 Å². The van der Waals surface area contributed by atoms with Crippen LogP contribution in [0.15, 0.2) is 201 Å². The topological polar surface area (TPSA) is 291 Å². The van der Waals surface area contributed by atoms with E-state index in [1.54, 1.807) is 24.5 Å². The smallest absolute Gasteiger partial charge is 0.412 e. The van der Waals surface area contributed by atoms with E-state index in [-0.39, 0.29) is 30.0 Å². The van der Waals surface area contributed by atoms with E-state index in [9.17, 15) is 24.0 Å². The highest BCUT2D eigenvalue weighted by Crippen LogP contribution is 2.45. The van der Waals surface area contributed by atoms with Crippen molar-refractivity contribution in [2.24, 2.45) is 0 Å². The van der Waals surface area contributed by atoms with Gasteiger partial charge in [0.25, 0.3) is 0 Å². The zero-order valence-electron chi connectivity index (χ0n) is 71.4. The number of Topliss-reactive ketones (excluding diaryl/α,β-unsaturated/α-hetero) is 2. The third-order valence-electron chi connectivity index (χ3n) is 23.0. The van der Waals surface area contributed by atoms with E-state index in [2.05, 4.69) is 74.4 Å². The van der Waals surface area contributed by atoms with Crippen LogP contribution in [0.1, 0.15) is 157 Å². The molecule has 0 radical (unpaired) electrons. The molecule has 6 aromatic heterocycles. The maximum atomic E-state index is 13.7. The first-order valence-electron chi connectivity index (χ1n) is 43.2. The molecule has 18 rings (SSSR count). The molecule has 0 bridgehead atoms. The molecule has 9 heterocycles. The van der Waals surface area contributed by atoms with Crippen molar-refractivity contribution in [2.45, 2.75) is 141 Å². The Morgan fingerprint density at radius 3 is 1.09 bits per heavy atom. The minimum Gasteiger partial charge on any atom is -0.478 e. The summed E-state index contributed by atoms with van der Waals surface area (Å²) in [6.45, 7) is 27.2. The quantitative estimate of drug-likeness (QED) is 0.0277. The van der Waals surface area contributed by atoms with Gasteiger partial charge in [-0.1, -0.05) is 109 Å². The van der Waals surface area contributed by atoms with Crippen molar-refractivity contribution in [3.63, 3.8) is 0 Å². The number of carbonyl (C=O) groups is 5. The Kier molecular flexibility index (Phi) is 27.3. The third-order valence-corrected chi connectivity index (χ3v) is 23.0. The molecule has 3 saturated carbocycles. The summed E-state index contributed by atoms with van der Waals surface area (Å²) in [7, 11) is 0. The standard InChI is InChI=1S/C35H40N4O4.C30H32N4O2.C17H21N3O3.C17H20N2O2/c1-35(2,3)43-34(41)37-30-12-11-26(24-7-5-4-6-8-24)19-27(30)22-32(40)29-20-28-21-31(25-9-10-25)39(33(28)36-23-29)14-13-38-15-17-42-18-16-38;31-27-9-8-23(21-4-2-1-3-5-21)16-24(27)19-29(35)26-17-25-18-28(22-6-7-22)34(30(25)32-20-26)11-10-33-12-14-36-15-13-33;21-17(22)14-9-13-10-15(12-1-2-12)20(16(13)18-11-14)4-3-19-5-7-23-8-6-19;1-17(2,3)21-16(20)19-15-10-9-13(11-14(15)18)12-7-5-4-6-8-12/h4-8,11-12,19-21,23,25H,9-10,13-18,22H2,1-3H3,(H,37,41);1-5,8-9,16-18,20,22H,6-7,10-15,19,31H2;9-12H,1-8H2,(H,21,22);4-11H,18H2,1-3H3,(H,19,20). The fraction of sp³-hybridized carbons (Fsp3) is 0.374. The van der Waals surface area contributed by atoms with Crippen molar-refractivity contribution < 1.29 is 52.8 Å². The summed E-state index contributed by atoms with van der Waals surface area (Å²) >= 11 is 0. The number of anilines is 4. The van der Waals surface area contributed by atoms with Crippen LogP contribution in [0.2, 0.25) is 0 Å². The molecule has 3 aliphatic heterocycles. The first kappa shape index (κ1) is 86.1. The number of carbonyl (C=O) groups excluding carboxylic acids is 4. The number of carboxylic acid groups (broad SMARTS) is 1. The number of nitrogens with one attached hydrogen (secondary N) is 2. The maximum Gasteiger partial charge on any atom is 0.412 e. The predicted molar refractivity (Wildman–Crippen MR) is 484 cm³/mol. The SMILES string of the molecule is CC(C)(C)OC(=O)Nc1ccc(-c2ccccc2)cc1CC(=O)c1cnc2c(c1)cc(C1CC1)n2CCN1CCOCC1.CC(C)(C)OC(=O)Nc1ccc(-c2ccccc2)cc1N.Nc1ccc(-c2ccccc2)cc1CC(=O)c1cnc2c(c1)cc(C1CC1)n2CCN1CCOCC1.O=C(O)c1cnc2c(c1)cc(C1CC1)n2CCN1CCOCC1. The highest BCUT2D eigenvalue weighted by molar-refractivity contribution is 6.02. The molecule has 6 fully saturated rings. The number of aromatic carboxylic acids is 1. The Morgan fingerprint density at radius 1 is 0.390 bits per heavy atom. The van der Waals surface area contributed by atoms with Gasteiger partial charge >= 0.3 is 18.2 Å². The second-order valence-corrected chi connectivity index (χ2v) is 34.7. The van der Waals surface area contributed by atoms with Gasteiger partial charge in [0.15, 0.2) is 11.6 Å². The second-order valence-electron chi connectivity index (χ2n) is 34.7. The number of carboxylic acids is 1. The average molecular weight is 1660 g/mol. The van der Waals surface area contributed by atoms with Crippen LogP contribution in [0.4, 0.5) is 32.3 Å². The first-order valence-corrected chi connectivity index (χ1v) is 43.2. The zero-order valence-corrected chi connectivity index (χ0v) is 71.4. The van der Waals surface area contributed by atoms with Crippen LogP contribution in [-0.4, -0.2) is 188 Å². The van der Waals surface area contributed by atoms with Crippen molar-refractivity contribution in [3.8, 4) is 33.4 Å². The zero-order chi connectivity index (χ0) is 85.7. The first-order chi connectivity index (χ1) is 59.5. The summed E-state index contributed by atoms with van der Waals surface area (Å²) in [4.78, 5) is 83.9. The van der Waals surface area contributed by atoms with E-state index in [0.717, 1.165) is 196 Å². The number of rotatable bonds is 24. The van der Waals surface area contributed by atoms with Crippen molar-refractivity contribution >= 4 is 85.6 Å². The highest BCUT2D eigenvalue weighted by atomic mass is 16.6. The van der Waals surface area contributed by atoms with E-state index < -0.39 is 29.4 Å². The summed E-state index contributed by atoms with van der Waals surface area (Å²) in [6, 6.07) is 59.6. The molecule has 0 unspecified atom stereocenters. The number of hydrogen-bond acceptors (Lipinski definition) is 18. The Balaban J connectivity index is 0.000000132. The van der Waals surface area contributed by atoms with Crippen LogP contribution in [0.3, 0.4) is 0 Å². The Morgan fingerprint density at radius 2 is 0.724 bits per heavy atom. The average Bonchev–Trinajstić information content (AvgIpc) is 1.63. The summed E-state index contributed by atoms with van der Waals surface area (Å²) < 4.78 is 34.1. The van der Waals surface area contributed by atoms with Gasteiger partial charge < -0.3 is 54.0 Å². The molecule has 6 aliphatic rings. The lowest BCUT2D eigenvalue weighted by Crippen LogP contribution is -2.38. The van der Waals surface area contributed by atoms with Crippen LogP contribution >= 0.6 is 0 Å². The number of nitrogens with two attached hydrogens (primary N) is 2. The molecular weight excluding hydrogens is 1550 g/mol. The molecule has 12 aromatic rings. The highest BCUT2D eigenvalue weighted by Gasteiger charge is 2.33. The predicted octanol–water partition coefficient (Wildman–Crippen LogP) is 17.8. The van der Waals surface area contributed by atoms with Crippen LogP contribution in [0, 0.1) is 0 Å². The van der Waals surface area contributed by atoms with Crippen LogP contribution < -0.4 is 22.1 Å². The van der Waals surface area contributed by atoms with Gasteiger partial charge in [0.05, 0.1) is 56.6 Å². The molecule has 640 valence electrons. The summed E-state index contributed by atoms with van der Waals surface area (Å²) in [5.41, 5.74) is 29.4. The van der Waals surface area contributed by atoms with Gasteiger partial charge in [-0.2, -0.15) is 0 Å². The Labute approximate surface area is 718 Å². The van der Waals surface area contributed by atoms with Crippen LogP contribution in [-0.2, 0) is 56.2 Å². The van der Waals surface area contributed by atoms with E-state index in [1.165, 1.54) is 61.8 Å². The third kappa shape index (κ3) is 23.1. The van der Waals surface area contributed by atoms with Gasteiger partial charge in [-0.15, -0.1) is 0 Å². The molecular formula is C99H113N13O11. The molecule has 24 heteroatoms. The molecule has 7 N–H and O–H groups in total. The summed E-state index contributed by atoms with van der Waals surface area (Å²) in [6.07, 6.45) is 11.5. The number of hydrogen-bond donors (Lipinski definition) is 5. The number of benzene rings is 6. The fourth-order valence-electron chi connectivity index (χ4n) is 16.1. The van der Waals surface area contributed by atoms with Gasteiger partial charge in [0.1, 0.15) is 28.1 Å². The van der Waals surface area contributed by atoms with Crippen molar-refractivity contribution in [2.75, 3.05) is 121 Å². The van der Waals surface area contributed by atoms with Crippen molar-refractivity contribution in [1.82, 2.24) is 43.4 Å². The number of fused-ring (bicyclic) bond motifs is 3. The molecule has 0 atom stereocenters. The normalized spacial score (nSPS) is 15.9. The number of nitrogens with zero attached hydrogens (tertiary/aromatic N) is 9. The monoisotopic (exact) mass is 1660 g/mol. The molecule has 2 amide bonds. The number of ether oxygens (including phenoxy) is 5. The van der Waals surface area contributed by atoms with Gasteiger partial charge in [0.2, 0.25) is 0 Å². The lowest BCUT2D eigenvalue weighted by molar-refractivity contribution is 0.0364. The second kappa shape index (κ2) is 39.1. The largest absolute Gasteiger partial charge is 0.478 e. The van der Waals surface area contributed by atoms with Crippen LogP contribution in [0.5, 0.6) is 0 Å². The van der Waals surface area contributed by atoms with Crippen molar-refractivity contribution in [3.05, 3.63) is 245 Å². The molecule has 0 spiro atoms. The molecule has 123 heavy (non-hydrogen) atoms. The Bertz CT molecular complexity index is 5710. The van der Waals surface area contributed by atoms with E-state index in [4.69, 9.17) is 50.2 Å². The number of pyridine rings is 3. The Hall–Kier alpha value is -11.9. The number of morpholine rings is 3. The lowest BCUT2D eigenvalue weighted by Gasteiger charge is -2.27. The molecule has 6 aromatic carbocycles. The van der Waals surface area contributed by atoms with Gasteiger partial charge in [-0.3, -0.25) is 34.9 Å². The maximum absolute atomic E-state index is 13.7. The summed E-state index contributed by atoms with van der Waals surface area (Å²) in [5, 5.41) is 17.7.